The van der Waals surface area contributed by atoms with Crippen LogP contribution in [0.4, 0.5) is 5.69 Å². The van der Waals surface area contributed by atoms with Gasteiger partial charge in [-0.1, -0.05) is 18.9 Å². The van der Waals surface area contributed by atoms with Crippen LogP contribution < -0.4 is 10.6 Å². The number of carbonyl (C=O) groups is 2. The molecule has 2 heterocycles. The summed E-state index contributed by atoms with van der Waals surface area (Å²) < 4.78 is 1.90. The molecule has 1 fully saturated rings. The third-order valence-electron chi connectivity index (χ3n) is 5.48. The van der Waals surface area contributed by atoms with Crippen LogP contribution in [-0.2, 0) is 13.0 Å². The van der Waals surface area contributed by atoms with Crippen molar-refractivity contribution in [3.63, 3.8) is 0 Å². The van der Waals surface area contributed by atoms with E-state index in [-0.39, 0.29) is 17.9 Å². The number of imidazole rings is 1. The SMILES string of the molecule is N#Cc1cccc(NC(=O)c2nc(C(=O)NC3CCCC3)n3c2CCCC3)c1. The molecule has 0 spiro atoms. The first-order valence-corrected chi connectivity index (χ1v) is 9.87. The average Bonchev–Trinajstić information content (AvgIpc) is 3.35. The second kappa shape index (κ2) is 7.85. The number of nitrogens with zero attached hydrogens (tertiary/aromatic N) is 3. The van der Waals surface area contributed by atoms with E-state index in [1.165, 1.54) is 0 Å². The Morgan fingerprint density at radius 3 is 2.75 bits per heavy atom. The molecule has 7 heteroatoms. The number of amides is 2. The van der Waals surface area contributed by atoms with E-state index in [1.54, 1.807) is 24.3 Å². The Morgan fingerprint density at radius 1 is 1.14 bits per heavy atom. The van der Waals surface area contributed by atoms with Crippen molar-refractivity contribution in [3.8, 4) is 6.07 Å². The number of nitriles is 1. The van der Waals surface area contributed by atoms with Gasteiger partial charge in [-0.25, -0.2) is 4.98 Å². The second-order valence-corrected chi connectivity index (χ2v) is 7.44. The fourth-order valence-corrected chi connectivity index (χ4v) is 4.08. The second-order valence-electron chi connectivity index (χ2n) is 7.44. The summed E-state index contributed by atoms with van der Waals surface area (Å²) in [4.78, 5) is 30.1. The van der Waals surface area contributed by atoms with Crippen molar-refractivity contribution in [2.24, 2.45) is 0 Å². The van der Waals surface area contributed by atoms with Gasteiger partial charge in [0.05, 0.1) is 17.3 Å². The highest BCUT2D eigenvalue weighted by atomic mass is 16.2. The molecule has 0 saturated heterocycles. The summed E-state index contributed by atoms with van der Waals surface area (Å²) in [5, 5.41) is 14.9. The van der Waals surface area contributed by atoms with E-state index >= 15 is 0 Å². The van der Waals surface area contributed by atoms with Crippen LogP contribution in [0.5, 0.6) is 0 Å². The first kappa shape index (κ1) is 18.2. The average molecular weight is 377 g/mol. The maximum absolute atomic E-state index is 12.9. The lowest BCUT2D eigenvalue weighted by molar-refractivity contribution is 0.0921. The molecule has 0 atom stereocenters. The predicted octanol–water partition coefficient (Wildman–Crippen LogP) is 3.02. The van der Waals surface area contributed by atoms with E-state index in [0.29, 0.717) is 29.3 Å². The molecule has 1 aromatic heterocycles. The van der Waals surface area contributed by atoms with Crippen molar-refractivity contribution >= 4 is 17.5 Å². The minimum absolute atomic E-state index is 0.194. The van der Waals surface area contributed by atoms with Gasteiger partial charge in [0.2, 0.25) is 0 Å². The fourth-order valence-electron chi connectivity index (χ4n) is 4.08. The van der Waals surface area contributed by atoms with Gasteiger partial charge in [0.1, 0.15) is 0 Å². The van der Waals surface area contributed by atoms with Gasteiger partial charge >= 0.3 is 0 Å². The standard InChI is InChI=1S/C21H23N5O2/c22-13-14-6-5-9-16(12-14)24-20(27)18-17-10-3-4-11-26(17)19(25-18)21(28)23-15-7-1-2-8-15/h5-6,9,12,15H,1-4,7-8,10-11H2,(H,23,28)(H,24,27). The van der Waals surface area contributed by atoms with E-state index in [2.05, 4.69) is 21.7 Å². The van der Waals surface area contributed by atoms with Crippen molar-refractivity contribution in [1.82, 2.24) is 14.9 Å². The number of rotatable bonds is 4. The van der Waals surface area contributed by atoms with Gasteiger partial charge in [-0.3, -0.25) is 9.59 Å². The number of aromatic nitrogens is 2. The zero-order chi connectivity index (χ0) is 19.5. The molecule has 144 valence electrons. The lowest BCUT2D eigenvalue weighted by atomic mass is 10.1. The Morgan fingerprint density at radius 2 is 1.96 bits per heavy atom. The van der Waals surface area contributed by atoms with Crippen LogP contribution in [0.1, 0.15) is 70.9 Å². The zero-order valence-electron chi connectivity index (χ0n) is 15.7. The molecule has 2 aliphatic rings. The van der Waals surface area contributed by atoms with Gasteiger partial charge in [-0.15, -0.1) is 0 Å². The van der Waals surface area contributed by atoms with Crippen molar-refractivity contribution in [2.45, 2.75) is 57.5 Å². The van der Waals surface area contributed by atoms with E-state index in [9.17, 15) is 9.59 Å². The highest BCUT2D eigenvalue weighted by Gasteiger charge is 2.29. The summed E-state index contributed by atoms with van der Waals surface area (Å²) in [6, 6.07) is 9.01. The molecule has 1 saturated carbocycles. The van der Waals surface area contributed by atoms with Gasteiger partial charge in [-0.2, -0.15) is 5.26 Å². The first-order valence-electron chi connectivity index (χ1n) is 9.87. The largest absolute Gasteiger partial charge is 0.347 e. The van der Waals surface area contributed by atoms with E-state index < -0.39 is 0 Å². The minimum atomic E-state index is -0.347. The minimum Gasteiger partial charge on any atom is -0.347 e. The molecule has 0 bridgehead atoms. The molecule has 2 N–H and O–H groups in total. The summed E-state index contributed by atoms with van der Waals surface area (Å²) in [6.45, 7) is 0.701. The Hall–Kier alpha value is -3.14. The summed E-state index contributed by atoms with van der Waals surface area (Å²) in [6.07, 6.45) is 6.95. The molecule has 28 heavy (non-hydrogen) atoms. The molecule has 1 aliphatic heterocycles. The van der Waals surface area contributed by atoms with Crippen LogP contribution in [-0.4, -0.2) is 27.4 Å². The normalized spacial score (nSPS) is 16.2. The quantitative estimate of drug-likeness (QED) is 0.855. The van der Waals surface area contributed by atoms with Crippen LogP contribution in [0, 0.1) is 11.3 Å². The van der Waals surface area contributed by atoms with Crippen LogP contribution in [0.25, 0.3) is 0 Å². The molecule has 0 unspecified atom stereocenters. The molecular formula is C21H23N5O2. The summed E-state index contributed by atoms with van der Waals surface area (Å²) in [5.41, 5.74) is 2.13. The topological polar surface area (TPSA) is 99.8 Å². The maximum atomic E-state index is 12.9. The monoisotopic (exact) mass is 377 g/mol. The highest BCUT2D eigenvalue weighted by molar-refractivity contribution is 6.05. The van der Waals surface area contributed by atoms with E-state index in [4.69, 9.17) is 5.26 Å². The molecule has 1 aromatic carbocycles. The molecule has 4 rings (SSSR count). The molecular weight excluding hydrogens is 354 g/mol. The third-order valence-corrected chi connectivity index (χ3v) is 5.48. The van der Waals surface area contributed by atoms with Crippen LogP contribution in [0.3, 0.4) is 0 Å². The Balaban J connectivity index is 1.59. The number of anilines is 1. The number of carbonyl (C=O) groups excluding carboxylic acids is 2. The molecule has 7 nitrogen and oxygen atoms in total. The number of hydrogen-bond acceptors (Lipinski definition) is 4. The van der Waals surface area contributed by atoms with Gasteiger partial charge in [0.15, 0.2) is 11.5 Å². The van der Waals surface area contributed by atoms with Gasteiger partial charge in [0.25, 0.3) is 11.8 Å². The predicted molar refractivity (Wildman–Crippen MR) is 104 cm³/mol. The maximum Gasteiger partial charge on any atom is 0.287 e. The first-order chi connectivity index (χ1) is 13.7. The van der Waals surface area contributed by atoms with Crippen LogP contribution in [0.2, 0.25) is 0 Å². The van der Waals surface area contributed by atoms with Crippen LogP contribution >= 0.6 is 0 Å². The van der Waals surface area contributed by atoms with Crippen molar-refractivity contribution in [2.75, 3.05) is 5.32 Å². The summed E-state index contributed by atoms with van der Waals surface area (Å²) in [5.74, 6) is -0.209. The highest BCUT2D eigenvalue weighted by Crippen LogP contribution is 2.23. The molecule has 2 aromatic rings. The number of benzene rings is 1. The number of hydrogen-bond donors (Lipinski definition) is 2. The third kappa shape index (κ3) is 3.63. The van der Waals surface area contributed by atoms with Crippen LogP contribution in [0.15, 0.2) is 24.3 Å². The van der Waals surface area contributed by atoms with Crippen molar-refractivity contribution < 1.29 is 9.59 Å². The van der Waals surface area contributed by atoms with Gasteiger partial charge in [-0.05, 0) is 50.3 Å². The lowest BCUT2D eigenvalue weighted by Gasteiger charge is -2.18. The van der Waals surface area contributed by atoms with E-state index in [1.807, 2.05) is 4.57 Å². The lowest BCUT2D eigenvalue weighted by Crippen LogP contribution is -2.35. The number of nitrogens with one attached hydrogen (secondary N) is 2. The van der Waals surface area contributed by atoms with Crippen molar-refractivity contribution in [1.29, 1.82) is 5.26 Å². The van der Waals surface area contributed by atoms with E-state index in [0.717, 1.165) is 50.6 Å². The summed E-state index contributed by atoms with van der Waals surface area (Å²) >= 11 is 0. The fraction of sp³-hybridized carbons (Fsp3) is 0.429. The Bertz CT molecular complexity index is 950. The smallest absolute Gasteiger partial charge is 0.287 e. The van der Waals surface area contributed by atoms with Gasteiger partial charge in [0, 0.05) is 18.3 Å². The van der Waals surface area contributed by atoms with Crippen molar-refractivity contribution in [3.05, 3.63) is 47.0 Å². The van der Waals surface area contributed by atoms with Gasteiger partial charge < -0.3 is 15.2 Å². The molecule has 0 radical (unpaired) electrons. The molecule has 1 aliphatic carbocycles. The molecule has 2 amide bonds. The Labute approximate surface area is 163 Å². The summed E-state index contributed by atoms with van der Waals surface area (Å²) in [7, 11) is 0. The number of fused-ring (bicyclic) bond motifs is 1. The Kier molecular flexibility index (Phi) is 5.11. The zero-order valence-corrected chi connectivity index (χ0v) is 15.7.